The zero-order valence-electron chi connectivity index (χ0n) is 37.8. The molecule has 0 spiro atoms. The van der Waals surface area contributed by atoms with E-state index in [1.54, 1.807) is 36.4 Å². The average Bonchev–Trinajstić information content (AvgIpc) is 3.98. The molecule has 4 heterocycles. The van der Waals surface area contributed by atoms with E-state index in [2.05, 4.69) is 44.7 Å². The molecule has 2 aliphatic heterocycles. The van der Waals surface area contributed by atoms with Crippen molar-refractivity contribution in [3.05, 3.63) is 175 Å². The second-order valence-electron chi connectivity index (χ2n) is 17.7. The molecule has 2 N–H and O–H groups in total. The zero-order chi connectivity index (χ0) is 46.3. The van der Waals surface area contributed by atoms with E-state index in [4.69, 9.17) is 19.4 Å². The van der Waals surface area contributed by atoms with E-state index in [-0.39, 0.29) is 0 Å². The number of esters is 2. The van der Waals surface area contributed by atoms with Crippen LogP contribution in [0, 0.1) is 27.7 Å². The van der Waals surface area contributed by atoms with E-state index in [1.165, 1.54) is 33.8 Å². The molecular weight excluding hydrogens is 869 g/mol. The van der Waals surface area contributed by atoms with Gasteiger partial charge in [0.15, 0.2) is 0 Å². The van der Waals surface area contributed by atoms with Crippen molar-refractivity contribution in [2.45, 2.75) is 89.8 Å². The summed E-state index contributed by atoms with van der Waals surface area (Å²) in [4.78, 5) is 71.9. The summed E-state index contributed by atoms with van der Waals surface area (Å²) in [6.45, 7) is 11.9. The Labute approximate surface area is 394 Å². The van der Waals surface area contributed by atoms with Crippen LogP contribution in [0.5, 0.6) is 0 Å². The highest BCUT2D eigenvalue weighted by molar-refractivity contribution is 7.10. The van der Waals surface area contributed by atoms with Gasteiger partial charge in [-0.1, -0.05) is 120 Å². The maximum atomic E-state index is 14.7. The van der Waals surface area contributed by atoms with Crippen LogP contribution >= 0.6 is 22.7 Å². The molecule has 0 bridgehead atoms. The average molecular weight is 925 g/mol. The minimum absolute atomic E-state index is 0.382. The molecule has 2 unspecified atom stereocenters. The maximum absolute atomic E-state index is 14.7. The Morgan fingerprint density at radius 3 is 1.27 bits per heavy atom. The van der Waals surface area contributed by atoms with E-state index in [1.807, 2.05) is 87.0 Å². The number of hydrogen-bond acceptors (Lipinski definition) is 12. The van der Waals surface area contributed by atoms with Gasteiger partial charge in [-0.25, -0.2) is 19.6 Å². The highest BCUT2D eigenvalue weighted by Crippen LogP contribution is 2.38. The van der Waals surface area contributed by atoms with Gasteiger partial charge in [-0.2, -0.15) is 0 Å². The van der Waals surface area contributed by atoms with Crippen LogP contribution in [0.15, 0.2) is 120 Å². The summed E-state index contributed by atoms with van der Waals surface area (Å²) < 4.78 is 11.8. The molecule has 14 heteroatoms. The number of aryl methyl sites for hydroxylation is 4. The molecular formula is C52H56N6O6S2. The summed E-state index contributed by atoms with van der Waals surface area (Å²) in [5.74, 6) is -4.01. The number of carbonyl (C=O) groups is 4. The lowest BCUT2D eigenvalue weighted by Crippen LogP contribution is -2.54. The van der Waals surface area contributed by atoms with Gasteiger partial charge in [0.1, 0.15) is 10.0 Å². The highest BCUT2D eigenvalue weighted by atomic mass is 32.1. The van der Waals surface area contributed by atoms with Crippen LogP contribution in [0.2, 0.25) is 0 Å². The number of rotatable bonds is 14. The first-order valence-electron chi connectivity index (χ1n) is 22.4. The number of likely N-dealkylation sites (tertiary alicyclic amines) is 2. The van der Waals surface area contributed by atoms with Crippen LogP contribution < -0.4 is 10.6 Å². The molecule has 0 saturated carbocycles. The lowest BCUT2D eigenvalue weighted by molar-refractivity contribution is -0.178. The fourth-order valence-electron chi connectivity index (χ4n) is 8.93. The number of benzene rings is 4. The van der Waals surface area contributed by atoms with E-state index < -0.39 is 47.0 Å². The van der Waals surface area contributed by atoms with Crippen molar-refractivity contribution >= 4 is 46.4 Å². The first-order chi connectivity index (χ1) is 31.9. The molecule has 0 radical (unpaired) electrons. The minimum Gasteiger partial charge on any atom is -0.439 e. The second-order valence-corrected chi connectivity index (χ2v) is 19.4. The normalized spacial score (nSPS) is 17.0. The number of carbonyl (C=O) groups excluding carboxylic acids is 4. The summed E-state index contributed by atoms with van der Waals surface area (Å²) in [5.41, 5.74) is 4.81. The number of piperidine rings is 2. The van der Waals surface area contributed by atoms with Gasteiger partial charge in [-0.3, -0.25) is 19.4 Å². The number of nitrogens with zero attached hydrogens (tertiary/aromatic N) is 4. The van der Waals surface area contributed by atoms with Gasteiger partial charge in [0, 0.05) is 72.5 Å². The van der Waals surface area contributed by atoms with Crippen molar-refractivity contribution in [2.24, 2.45) is 0 Å². The number of amides is 2. The number of aromatic nitrogens is 2. The van der Waals surface area contributed by atoms with Crippen LogP contribution in [0.25, 0.3) is 0 Å². The van der Waals surface area contributed by atoms with E-state index in [9.17, 15) is 19.2 Å². The van der Waals surface area contributed by atoms with Crippen LogP contribution in [0.3, 0.4) is 0 Å². The molecule has 2 aliphatic rings. The standard InChI is InChI=1S/C52H56N6O6S2/c1-35-13-11-19-41(29-35)43(45(59)55-51(49-53-37(3)33-65-49)21-25-57(26-22-51)31-39-15-7-5-8-16-39)63-47(61)48(62)64-44(42-20-12-14-36(2)30-42)46(60)56-52(50-54-38(4)34-66-50)23-27-58(28-24-52)32-40-17-9-6-10-18-40/h5-20,29-30,33-34,43-44H,21-28,31-32H2,1-4H3,(H,55,59)(H,56,60). The lowest BCUT2D eigenvalue weighted by Gasteiger charge is -2.41. The quantitative estimate of drug-likeness (QED) is 0.0809. The summed E-state index contributed by atoms with van der Waals surface area (Å²) in [7, 11) is 0. The molecule has 2 fully saturated rings. The van der Waals surface area contributed by atoms with Crippen molar-refractivity contribution in [2.75, 3.05) is 26.2 Å². The molecule has 2 amide bonds. The second kappa shape index (κ2) is 20.6. The molecule has 2 aromatic heterocycles. The largest absolute Gasteiger partial charge is 0.439 e. The van der Waals surface area contributed by atoms with E-state index in [0.717, 1.165) is 45.6 Å². The molecule has 66 heavy (non-hydrogen) atoms. The van der Waals surface area contributed by atoms with Gasteiger partial charge in [0.25, 0.3) is 11.8 Å². The summed E-state index contributed by atoms with van der Waals surface area (Å²) in [6, 6.07) is 34.7. The Hall–Kier alpha value is -6.06. The Morgan fingerprint density at radius 1 is 0.561 bits per heavy atom. The molecule has 0 aliphatic carbocycles. The number of nitrogens with one attached hydrogen (secondary N) is 2. The molecule has 4 aromatic carbocycles. The van der Waals surface area contributed by atoms with Crippen molar-refractivity contribution in [1.82, 2.24) is 30.4 Å². The number of thiazole rings is 2. The summed E-state index contributed by atoms with van der Waals surface area (Å²) >= 11 is 2.96. The third kappa shape index (κ3) is 11.1. The predicted molar refractivity (Wildman–Crippen MR) is 255 cm³/mol. The summed E-state index contributed by atoms with van der Waals surface area (Å²) in [6.07, 6.45) is -0.779. The van der Waals surface area contributed by atoms with Crippen LogP contribution in [0.4, 0.5) is 0 Å². The smallest absolute Gasteiger partial charge is 0.418 e. The SMILES string of the molecule is Cc1cccc(C(OC(=O)C(=O)OC(C(=O)NC2(c3nc(C)cs3)CCN(Cc3ccccc3)CC2)c2cccc(C)c2)C(=O)NC2(c3nc(C)cs3)CCN(Cc3ccccc3)CC2)c1. The van der Waals surface area contributed by atoms with Crippen LogP contribution in [0.1, 0.15) is 92.7 Å². The van der Waals surface area contributed by atoms with Crippen molar-refractivity contribution < 1.29 is 28.7 Å². The molecule has 6 aromatic rings. The monoisotopic (exact) mass is 924 g/mol. The molecule has 2 saturated heterocycles. The first-order valence-corrected chi connectivity index (χ1v) is 24.2. The van der Waals surface area contributed by atoms with Crippen LogP contribution in [-0.4, -0.2) is 69.7 Å². The van der Waals surface area contributed by atoms with Gasteiger partial charge in [-0.05, 0) is 64.5 Å². The fraction of sp³-hybridized carbons (Fsp3) is 0.346. The van der Waals surface area contributed by atoms with Crippen LogP contribution in [-0.2, 0) is 52.8 Å². The third-order valence-corrected chi connectivity index (χ3v) is 14.8. The van der Waals surface area contributed by atoms with Crippen molar-refractivity contribution in [3.63, 3.8) is 0 Å². The number of hydrogen-bond donors (Lipinski definition) is 2. The number of ether oxygens (including phenoxy) is 2. The molecule has 2 atom stereocenters. The summed E-state index contributed by atoms with van der Waals surface area (Å²) in [5, 5.41) is 12.0. The molecule has 342 valence electrons. The van der Waals surface area contributed by atoms with Crippen molar-refractivity contribution in [3.8, 4) is 0 Å². The Balaban J connectivity index is 1.02. The Kier molecular flexibility index (Phi) is 14.5. The Bertz CT molecular complexity index is 2450. The van der Waals surface area contributed by atoms with Gasteiger partial charge in [0.2, 0.25) is 12.2 Å². The molecule has 8 rings (SSSR count). The van der Waals surface area contributed by atoms with E-state index >= 15 is 0 Å². The minimum atomic E-state index is -1.52. The fourth-order valence-corrected chi connectivity index (χ4v) is 11.0. The maximum Gasteiger partial charge on any atom is 0.418 e. The highest BCUT2D eigenvalue weighted by Gasteiger charge is 2.45. The first kappa shape index (κ1) is 46.5. The van der Waals surface area contributed by atoms with Gasteiger partial charge >= 0.3 is 11.9 Å². The predicted octanol–water partition coefficient (Wildman–Crippen LogP) is 8.32. The van der Waals surface area contributed by atoms with Gasteiger partial charge in [0.05, 0.1) is 11.1 Å². The Morgan fingerprint density at radius 2 is 0.939 bits per heavy atom. The van der Waals surface area contributed by atoms with Gasteiger partial charge in [-0.15, -0.1) is 22.7 Å². The molecule has 12 nitrogen and oxygen atoms in total. The zero-order valence-corrected chi connectivity index (χ0v) is 39.5. The third-order valence-electron chi connectivity index (χ3n) is 12.5. The van der Waals surface area contributed by atoms with Crippen molar-refractivity contribution in [1.29, 1.82) is 0 Å². The topological polar surface area (TPSA) is 143 Å². The lowest BCUT2D eigenvalue weighted by atomic mass is 9.87. The van der Waals surface area contributed by atoms with Gasteiger partial charge < -0.3 is 20.1 Å². The van der Waals surface area contributed by atoms with E-state index in [0.29, 0.717) is 63.0 Å².